The van der Waals surface area contributed by atoms with E-state index >= 15 is 0 Å². The molecule has 0 saturated heterocycles. The van der Waals surface area contributed by atoms with Crippen LogP contribution in [0.25, 0.3) is 16.9 Å². The molecule has 0 radical (unpaired) electrons. The van der Waals surface area contributed by atoms with E-state index in [0.717, 1.165) is 16.8 Å². The lowest BCUT2D eigenvalue weighted by molar-refractivity contribution is -0.141. The third kappa shape index (κ3) is 3.29. The van der Waals surface area contributed by atoms with E-state index in [9.17, 15) is 22.4 Å². The largest absolute Gasteiger partial charge is 0.482 e. The predicted octanol–water partition coefficient (Wildman–Crippen LogP) is 4.68. The number of aromatic nitrogens is 2. The molecule has 1 aliphatic heterocycles. The first kappa shape index (κ1) is 18.3. The van der Waals surface area contributed by atoms with E-state index in [1.165, 1.54) is 30.3 Å². The van der Waals surface area contributed by atoms with Gasteiger partial charge in [0, 0.05) is 5.56 Å². The van der Waals surface area contributed by atoms with Crippen molar-refractivity contribution in [3.05, 3.63) is 59.0 Å². The minimum atomic E-state index is -4.69. The lowest BCUT2D eigenvalue weighted by atomic mass is 10.1. The van der Waals surface area contributed by atoms with Gasteiger partial charge in [-0.25, -0.2) is 9.07 Å². The van der Waals surface area contributed by atoms with Crippen molar-refractivity contribution in [2.45, 2.75) is 6.18 Å². The topological polar surface area (TPSA) is 56.1 Å². The van der Waals surface area contributed by atoms with Gasteiger partial charge in [-0.1, -0.05) is 11.6 Å². The Hall–Kier alpha value is -3.07. The number of amides is 1. The van der Waals surface area contributed by atoms with E-state index in [2.05, 4.69) is 10.4 Å². The van der Waals surface area contributed by atoms with Crippen LogP contribution in [0.15, 0.2) is 42.5 Å². The molecule has 0 unspecified atom stereocenters. The number of rotatable bonds is 2. The first-order chi connectivity index (χ1) is 13.2. The van der Waals surface area contributed by atoms with Gasteiger partial charge in [0.2, 0.25) is 0 Å². The molecule has 0 fully saturated rings. The van der Waals surface area contributed by atoms with Crippen LogP contribution in [0.5, 0.6) is 5.75 Å². The van der Waals surface area contributed by atoms with Crippen LogP contribution in [-0.2, 0) is 11.0 Å². The van der Waals surface area contributed by atoms with Crippen LogP contribution in [-0.4, -0.2) is 22.3 Å². The molecule has 2 aromatic carbocycles. The SMILES string of the molecule is O=C1COc2ccc(-c3cc(C(F)(F)F)nn3-c3ccc(F)c(Cl)c3)cc2N1. The monoisotopic (exact) mass is 411 g/mol. The highest BCUT2D eigenvalue weighted by atomic mass is 35.5. The molecule has 4 rings (SSSR count). The van der Waals surface area contributed by atoms with Crippen molar-refractivity contribution in [1.82, 2.24) is 9.78 Å². The molecule has 1 amide bonds. The Kier molecular flexibility index (Phi) is 4.26. The van der Waals surface area contributed by atoms with E-state index in [1.807, 2.05) is 0 Å². The van der Waals surface area contributed by atoms with Gasteiger partial charge < -0.3 is 10.1 Å². The zero-order chi connectivity index (χ0) is 20.1. The van der Waals surface area contributed by atoms with Gasteiger partial charge in [0.1, 0.15) is 11.6 Å². The van der Waals surface area contributed by atoms with Crippen LogP contribution in [0.3, 0.4) is 0 Å². The molecule has 0 saturated carbocycles. The molecule has 3 aromatic rings. The number of hydrogen-bond acceptors (Lipinski definition) is 3. The summed E-state index contributed by atoms with van der Waals surface area (Å²) in [6.07, 6.45) is -4.69. The zero-order valence-electron chi connectivity index (χ0n) is 13.8. The van der Waals surface area contributed by atoms with E-state index in [4.69, 9.17) is 16.3 Å². The van der Waals surface area contributed by atoms with Crippen LogP contribution < -0.4 is 10.1 Å². The molecule has 144 valence electrons. The maximum absolute atomic E-state index is 13.5. The maximum atomic E-state index is 13.5. The molecule has 0 spiro atoms. The highest BCUT2D eigenvalue weighted by molar-refractivity contribution is 6.30. The summed E-state index contributed by atoms with van der Waals surface area (Å²) in [7, 11) is 0. The third-order valence-corrected chi connectivity index (χ3v) is 4.35. The number of ether oxygens (including phenoxy) is 1. The predicted molar refractivity (Wildman–Crippen MR) is 93.1 cm³/mol. The van der Waals surface area contributed by atoms with Gasteiger partial charge in [0.25, 0.3) is 5.91 Å². The third-order valence-electron chi connectivity index (χ3n) is 4.06. The van der Waals surface area contributed by atoms with Crippen LogP contribution in [0, 0.1) is 5.82 Å². The summed E-state index contributed by atoms with van der Waals surface area (Å²) in [5.74, 6) is -0.682. The summed E-state index contributed by atoms with van der Waals surface area (Å²) in [5, 5.41) is 5.96. The molecule has 0 bridgehead atoms. The normalized spacial score (nSPS) is 13.7. The number of benzene rings is 2. The highest BCUT2D eigenvalue weighted by Crippen LogP contribution is 2.37. The van der Waals surface area contributed by atoms with Crippen molar-refractivity contribution in [3.8, 4) is 22.7 Å². The van der Waals surface area contributed by atoms with Gasteiger partial charge in [0.05, 0.1) is 22.1 Å². The summed E-state index contributed by atoms with van der Waals surface area (Å²) in [6.45, 7) is -0.142. The van der Waals surface area contributed by atoms with Crippen molar-refractivity contribution < 1.29 is 27.1 Å². The fraction of sp³-hybridized carbons (Fsp3) is 0.111. The second kappa shape index (κ2) is 6.52. The summed E-state index contributed by atoms with van der Waals surface area (Å²) < 4.78 is 59.5. The second-order valence-corrected chi connectivity index (χ2v) is 6.38. The second-order valence-electron chi connectivity index (χ2n) is 5.97. The van der Waals surface area contributed by atoms with Gasteiger partial charge in [-0.05, 0) is 42.5 Å². The van der Waals surface area contributed by atoms with Crippen molar-refractivity contribution in [2.24, 2.45) is 0 Å². The number of alkyl halides is 3. The molecule has 0 atom stereocenters. The summed E-state index contributed by atoms with van der Waals surface area (Å²) in [6, 6.07) is 8.90. The first-order valence-electron chi connectivity index (χ1n) is 7.92. The van der Waals surface area contributed by atoms with E-state index < -0.39 is 17.7 Å². The molecule has 10 heteroatoms. The Balaban J connectivity index is 1.88. The number of carbonyl (C=O) groups is 1. The van der Waals surface area contributed by atoms with Gasteiger partial charge in [0.15, 0.2) is 12.3 Å². The maximum Gasteiger partial charge on any atom is 0.435 e. The Morgan fingerprint density at radius 2 is 1.93 bits per heavy atom. The Morgan fingerprint density at radius 3 is 2.64 bits per heavy atom. The minimum absolute atomic E-state index is 0.0811. The summed E-state index contributed by atoms with van der Waals surface area (Å²) >= 11 is 5.77. The lowest BCUT2D eigenvalue weighted by Crippen LogP contribution is -2.25. The van der Waals surface area contributed by atoms with E-state index in [0.29, 0.717) is 17.0 Å². The molecule has 2 heterocycles. The minimum Gasteiger partial charge on any atom is -0.482 e. The van der Waals surface area contributed by atoms with E-state index in [-0.39, 0.29) is 28.9 Å². The number of anilines is 1. The molecule has 1 aromatic heterocycles. The van der Waals surface area contributed by atoms with Gasteiger partial charge in [-0.15, -0.1) is 0 Å². The van der Waals surface area contributed by atoms with Crippen molar-refractivity contribution in [1.29, 1.82) is 0 Å². The fourth-order valence-corrected chi connectivity index (χ4v) is 2.96. The molecular weight excluding hydrogens is 402 g/mol. The molecule has 1 N–H and O–H groups in total. The van der Waals surface area contributed by atoms with Crippen LogP contribution in [0.4, 0.5) is 23.2 Å². The van der Waals surface area contributed by atoms with Gasteiger partial charge >= 0.3 is 6.18 Å². The van der Waals surface area contributed by atoms with E-state index in [1.54, 1.807) is 0 Å². The summed E-state index contributed by atoms with van der Waals surface area (Å²) in [4.78, 5) is 11.5. The lowest BCUT2D eigenvalue weighted by Gasteiger charge is -2.18. The molecule has 28 heavy (non-hydrogen) atoms. The molecule has 1 aliphatic rings. The number of carbonyl (C=O) groups excluding carboxylic acids is 1. The van der Waals surface area contributed by atoms with Crippen LogP contribution in [0.2, 0.25) is 5.02 Å². The van der Waals surface area contributed by atoms with Crippen molar-refractivity contribution >= 4 is 23.2 Å². The molecule has 5 nitrogen and oxygen atoms in total. The highest BCUT2D eigenvalue weighted by Gasteiger charge is 2.35. The number of nitrogens with zero attached hydrogens (tertiary/aromatic N) is 2. The average molecular weight is 412 g/mol. The van der Waals surface area contributed by atoms with Crippen molar-refractivity contribution in [3.63, 3.8) is 0 Å². The number of halogens is 5. The van der Waals surface area contributed by atoms with Crippen LogP contribution >= 0.6 is 11.6 Å². The fourth-order valence-electron chi connectivity index (χ4n) is 2.78. The Labute approximate surface area is 160 Å². The smallest absolute Gasteiger partial charge is 0.435 e. The molecule has 0 aliphatic carbocycles. The average Bonchev–Trinajstić information content (AvgIpc) is 3.09. The first-order valence-corrected chi connectivity index (χ1v) is 8.30. The summed E-state index contributed by atoms with van der Waals surface area (Å²) in [5.41, 5.74) is -0.228. The standard InChI is InChI=1S/C18H10ClF4N3O2/c19-11-6-10(2-3-12(11)20)26-14(7-16(25-26)18(21,22)23)9-1-4-15-13(5-9)24-17(27)8-28-15/h1-7H,8H2,(H,24,27). The Morgan fingerprint density at radius 1 is 1.14 bits per heavy atom. The van der Waals surface area contributed by atoms with Crippen LogP contribution in [0.1, 0.15) is 5.69 Å². The molecular formula is C18H10ClF4N3O2. The number of fused-ring (bicyclic) bond motifs is 1. The Bertz CT molecular complexity index is 1090. The number of hydrogen-bond donors (Lipinski definition) is 1. The quantitative estimate of drug-likeness (QED) is 0.623. The van der Waals surface area contributed by atoms with Gasteiger partial charge in [-0.2, -0.15) is 18.3 Å². The van der Waals surface area contributed by atoms with Gasteiger partial charge in [-0.3, -0.25) is 4.79 Å². The number of nitrogens with one attached hydrogen (secondary N) is 1. The zero-order valence-corrected chi connectivity index (χ0v) is 14.6. The van der Waals surface area contributed by atoms with Crippen molar-refractivity contribution in [2.75, 3.05) is 11.9 Å².